The Morgan fingerprint density at radius 2 is 0.975 bits per heavy atom. The smallest absolute Gasteiger partial charge is 0.127 e. The molecule has 0 radical (unpaired) electrons. The van der Waals surface area contributed by atoms with E-state index in [0.29, 0.717) is 11.5 Å². The molecule has 2 N–H and O–H groups in total. The minimum Gasteiger partial charge on any atom is -0.507 e. The molecule has 2 aromatic carbocycles. The summed E-state index contributed by atoms with van der Waals surface area (Å²) in [5.41, 5.74) is 6.37. The number of nitrogens with zero attached hydrogens (tertiary/aromatic N) is 2. The second-order valence-corrected chi connectivity index (χ2v) is 11.8. The van der Waals surface area contributed by atoms with Crippen molar-refractivity contribution in [2.45, 2.75) is 143 Å². The number of unbranched alkanes of at least 4 members (excludes halogenated alkanes) is 4. The van der Waals surface area contributed by atoms with Crippen LogP contribution < -0.4 is 0 Å². The van der Waals surface area contributed by atoms with Gasteiger partial charge in [0.05, 0.1) is 12.1 Å². The quantitative estimate of drug-likeness (QED) is 0.206. The zero-order valence-electron chi connectivity index (χ0n) is 25.7. The monoisotopic (exact) mass is 546 g/mol. The first-order chi connectivity index (χ1) is 19.5. The highest BCUT2D eigenvalue weighted by atomic mass is 16.3. The highest BCUT2D eigenvalue weighted by Gasteiger charge is 2.24. The van der Waals surface area contributed by atoms with Crippen molar-refractivity contribution in [3.63, 3.8) is 0 Å². The average Bonchev–Trinajstić information content (AvgIpc) is 2.97. The summed E-state index contributed by atoms with van der Waals surface area (Å²) in [5, 5.41) is 22.1. The van der Waals surface area contributed by atoms with Gasteiger partial charge in [0.2, 0.25) is 0 Å². The van der Waals surface area contributed by atoms with Gasteiger partial charge in [-0.05, 0) is 98.6 Å². The Morgan fingerprint density at radius 3 is 1.35 bits per heavy atom. The fraction of sp³-hybridized carbons (Fsp3) is 0.611. The van der Waals surface area contributed by atoms with E-state index in [1.807, 2.05) is 12.4 Å². The van der Waals surface area contributed by atoms with E-state index in [9.17, 15) is 10.2 Å². The number of benzene rings is 2. The first-order valence-corrected chi connectivity index (χ1v) is 16.3. The van der Waals surface area contributed by atoms with Crippen LogP contribution in [0.25, 0.3) is 0 Å². The molecule has 3 rings (SSSR count). The molecule has 4 nitrogen and oxygen atoms in total. The number of phenolic OH excluding ortho intramolecular Hbond substituents is 2. The van der Waals surface area contributed by atoms with Crippen LogP contribution in [0.4, 0.5) is 0 Å². The van der Waals surface area contributed by atoms with Crippen molar-refractivity contribution < 1.29 is 10.2 Å². The SMILES string of the molecule is CCCCc1cc(C=NC2CCCCC2N=Cc2cc(CCCC)cc(CCCC)c2O)c(O)c(CCCC)c1. The molecule has 0 aromatic heterocycles. The van der Waals surface area contributed by atoms with Gasteiger partial charge in [-0.3, -0.25) is 9.98 Å². The van der Waals surface area contributed by atoms with Gasteiger partial charge in [-0.2, -0.15) is 0 Å². The minimum absolute atomic E-state index is 0.0905. The number of aliphatic imine (C=N–C) groups is 2. The van der Waals surface area contributed by atoms with E-state index in [-0.39, 0.29) is 12.1 Å². The molecule has 4 heteroatoms. The highest BCUT2D eigenvalue weighted by molar-refractivity contribution is 5.85. The Morgan fingerprint density at radius 1 is 0.600 bits per heavy atom. The molecule has 0 heterocycles. The van der Waals surface area contributed by atoms with Gasteiger partial charge >= 0.3 is 0 Å². The van der Waals surface area contributed by atoms with E-state index in [1.165, 1.54) is 11.1 Å². The van der Waals surface area contributed by atoms with Gasteiger partial charge in [-0.15, -0.1) is 0 Å². The van der Waals surface area contributed by atoms with Crippen molar-refractivity contribution in [3.8, 4) is 11.5 Å². The second kappa shape index (κ2) is 17.3. The molecular weight excluding hydrogens is 492 g/mol. The Bertz CT molecular complexity index is 1020. The van der Waals surface area contributed by atoms with Crippen molar-refractivity contribution in [2.75, 3.05) is 0 Å². The molecule has 0 bridgehead atoms. The lowest BCUT2D eigenvalue weighted by Crippen LogP contribution is -2.27. The largest absolute Gasteiger partial charge is 0.507 e. The number of phenols is 2. The van der Waals surface area contributed by atoms with Crippen molar-refractivity contribution >= 4 is 12.4 Å². The molecular formula is C36H54N2O2. The normalized spacial score (nSPS) is 17.8. The predicted molar refractivity (Wildman–Crippen MR) is 172 cm³/mol. The second-order valence-electron chi connectivity index (χ2n) is 11.8. The lowest BCUT2D eigenvalue weighted by atomic mass is 9.91. The van der Waals surface area contributed by atoms with E-state index in [0.717, 1.165) is 125 Å². The zero-order chi connectivity index (χ0) is 28.7. The van der Waals surface area contributed by atoms with Crippen LogP contribution in [-0.4, -0.2) is 34.7 Å². The van der Waals surface area contributed by atoms with E-state index >= 15 is 0 Å². The summed E-state index contributed by atoms with van der Waals surface area (Å²) in [6, 6.07) is 8.83. The van der Waals surface area contributed by atoms with Gasteiger partial charge in [0.1, 0.15) is 11.5 Å². The molecule has 1 aliphatic rings. The molecule has 0 aliphatic heterocycles. The fourth-order valence-electron chi connectivity index (χ4n) is 5.73. The number of aryl methyl sites for hydroxylation is 4. The maximum atomic E-state index is 11.1. The van der Waals surface area contributed by atoms with Crippen LogP contribution in [0, 0.1) is 0 Å². The van der Waals surface area contributed by atoms with Crippen molar-refractivity contribution in [2.24, 2.45) is 9.98 Å². The van der Waals surface area contributed by atoms with Crippen LogP contribution >= 0.6 is 0 Å². The van der Waals surface area contributed by atoms with Crippen LogP contribution in [0.1, 0.15) is 138 Å². The molecule has 0 amide bonds. The van der Waals surface area contributed by atoms with E-state index in [1.54, 1.807) is 0 Å². The Kier molecular flexibility index (Phi) is 13.8. The predicted octanol–water partition coefficient (Wildman–Crippen LogP) is 9.32. The van der Waals surface area contributed by atoms with Crippen LogP contribution in [0.2, 0.25) is 0 Å². The Hall–Kier alpha value is -2.62. The molecule has 2 unspecified atom stereocenters. The standard InChI is InChI=1S/C36H54N2O2/c1-5-9-15-27-21-29(17-11-7-3)35(39)31(23-27)25-37-33-19-13-14-20-34(33)38-26-32-24-28(16-10-6-2)22-30(36(32)40)18-12-8-4/h21-26,33-34,39-40H,5-20H2,1-4H3. The van der Waals surface area contributed by atoms with Gasteiger partial charge in [-0.25, -0.2) is 0 Å². The summed E-state index contributed by atoms with van der Waals surface area (Å²) in [7, 11) is 0. The number of hydrogen-bond donors (Lipinski definition) is 2. The van der Waals surface area contributed by atoms with Gasteiger partial charge in [0.15, 0.2) is 0 Å². The van der Waals surface area contributed by atoms with Gasteiger partial charge in [-0.1, -0.05) is 78.4 Å². The lowest BCUT2D eigenvalue weighted by Gasteiger charge is -2.25. The number of rotatable bonds is 16. The van der Waals surface area contributed by atoms with E-state index in [4.69, 9.17) is 9.98 Å². The molecule has 0 spiro atoms. The van der Waals surface area contributed by atoms with Crippen LogP contribution in [0.15, 0.2) is 34.3 Å². The Labute approximate surface area is 244 Å². The maximum absolute atomic E-state index is 11.1. The Balaban J connectivity index is 1.85. The topological polar surface area (TPSA) is 65.2 Å². The molecule has 220 valence electrons. The summed E-state index contributed by atoms with van der Waals surface area (Å²) in [5.74, 6) is 0.781. The summed E-state index contributed by atoms with van der Waals surface area (Å²) in [4.78, 5) is 10.1. The minimum atomic E-state index is 0.0905. The van der Waals surface area contributed by atoms with E-state index in [2.05, 4.69) is 52.0 Å². The third-order valence-electron chi connectivity index (χ3n) is 8.30. The van der Waals surface area contributed by atoms with E-state index < -0.39 is 0 Å². The molecule has 2 aromatic rings. The highest BCUT2D eigenvalue weighted by Crippen LogP contribution is 2.30. The maximum Gasteiger partial charge on any atom is 0.127 e. The van der Waals surface area contributed by atoms with Crippen LogP contribution in [0.5, 0.6) is 11.5 Å². The zero-order valence-corrected chi connectivity index (χ0v) is 25.7. The van der Waals surface area contributed by atoms with Crippen molar-refractivity contribution in [1.82, 2.24) is 0 Å². The first kappa shape index (κ1) is 31.9. The summed E-state index contributed by atoms with van der Waals surface area (Å²) in [6.45, 7) is 8.82. The van der Waals surface area contributed by atoms with Crippen molar-refractivity contribution in [3.05, 3.63) is 57.6 Å². The number of hydrogen-bond acceptors (Lipinski definition) is 4. The molecule has 0 saturated heterocycles. The molecule has 1 fully saturated rings. The molecule has 1 aliphatic carbocycles. The van der Waals surface area contributed by atoms with Crippen molar-refractivity contribution in [1.29, 1.82) is 0 Å². The molecule has 2 atom stereocenters. The summed E-state index contributed by atoms with van der Waals surface area (Å²) in [6.07, 6.45) is 21.0. The average molecular weight is 547 g/mol. The van der Waals surface area contributed by atoms with Gasteiger partial charge in [0, 0.05) is 23.6 Å². The third kappa shape index (κ3) is 9.49. The first-order valence-electron chi connectivity index (χ1n) is 16.3. The number of aromatic hydroxyl groups is 2. The lowest BCUT2D eigenvalue weighted by molar-refractivity contribution is 0.390. The molecule has 1 saturated carbocycles. The fourth-order valence-corrected chi connectivity index (χ4v) is 5.73. The third-order valence-corrected chi connectivity index (χ3v) is 8.30. The van der Waals surface area contributed by atoms with Crippen LogP contribution in [0.3, 0.4) is 0 Å². The summed E-state index contributed by atoms with van der Waals surface area (Å²) >= 11 is 0. The van der Waals surface area contributed by atoms with Gasteiger partial charge < -0.3 is 10.2 Å². The van der Waals surface area contributed by atoms with Gasteiger partial charge in [0.25, 0.3) is 0 Å². The van der Waals surface area contributed by atoms with Crippen LogP contribution in [-0.2, 0) is 25.7 Å². The molecule has 40 heavy (non-hydrogen) atoms. The summed E-state index contributed by atoms with van der Waals surface area (Å²) < 4.78 is 0.